The lowest BCUT2D eigenvalue weighted by Gasteiger charge is -2.26. The molecule has 1 aliphatic heterocycles. The summed E-state index contributed by atoms with van der Waals surface area (Å²) in [4.78, 5) is 3.42. The second-order valence-electron chi connectivity index (χ2n) is 6.60. The van der Waals surface area contributed by atoms with Crippen molar-refractivity contribution in [2.75, 3.05) is 19.4 Å². The number of ether oxygens (including phenoxy) is 1. The summed E-state index contributed by atoms with van der Waals surface area (Å²) in [5, 5.41) is 1.04. The van der Waals surface area contributed by atoms with Gasteiger partial charge in [0, 0.05) is 30.6 Å². The van der Waals surface area contributed by atoms with Crippen LogP contribution in [0.15, 0.2) is 48.5 Å². The number of rotatable bonds is 5. The predicted molar refractivity (Wildman–Crippen MR) is 103 cm³/mol. The van der Waals surface area contributed by atoms with E-state index in [1.165, 1.54) is 0 Å². The first kappa shape index (κ1) is 17.1. The van der Waals surface area contributed by atoms with Gasteiger partial charge in [-0.15, -0.1) is 0 Å². The number of nitrogens with one attached hydrogen (secondary N) is 1. The Labute approximate surface area is 153 Å². The lowest BCUT2D eigenvalue weighted by atomic mass is 10.1. The number of aryl methyl sites for hydroxylation is 1. The van der Waals surface area contributed by atoms with E-state index in [0.29, 0.717) is 25.9 Å². The standard InChI is InChI=1S/C20H22N2O3S/c1-25-19-9-5-8-16-17-14-22(12-10-18(17)21-20(16)19)26(23,24)13-11-15-6-3-2-4-7-15/h2-9,21H,10-14H2,1H3. The van der Waals surface area contributed by atoms with Gasteiger partial charge in [0.05, 0.1) is 18.4 Å². The molecule has 1 aromatic heterocycles. The molecule has 0 saturated carbocycles. The van der Waals surface area contributed by atoms with Crippen molar-refractivity contribution in [3.05, 3.63) is 65.4 Å². The van der Waals surface area contributed by atoms with E-state index in [1.807, 2.05) is 48.5 Å². The lowest BCUT2D eigenvalue weighted by Crippen LogP contribution is -2.37. The molecule has 2 heterocycles. The van der Waals surface area contributed by atoms with E-state index >= 15 is 0 Å². The first-order valence-corrected chi connectivity index (χ1v) is 10.4. The predicted octanol–water partition coefficient (Wildman–Crippen LogP) is 3.11. The van der Waals surface area contributed by atoms with Gasteiger partial charge in [0.15, 0.2) is 0 Å². The molecule has 5 nitrogen and oxygen atoms in total. The van der Waals surface area contributed by atoms with Crippen molar-refractivity contribution in [1.82, 2.24) is 9.29 Å². The van der Waals surface area contributed by atoms with Crippen LogP contribution in [0.2, 0.25) is 0 Å². The Kier molecular flexibility index (Phi) is 4.46. The average Bonchev–Trinajstić information content (AvgIpc) is 3.05. The number of hydrogen-bond donors (Lipinski definition) is 1. The van der Waals surface area contributed by atoms with Gasteiger partial charge in [-0.05, 0) is 23.6 Å². The molecule has 0 aliphatic carbocycles. The fourth-order valence-electron chi connectivity index (χ4n) is 3.61. The van der Waals surface area contributed by atoms with Gasteiger partial charge in [0.1, 0.15) is 5.75 Å². The summed E-state index contributed by atoms with van der Waals surface area (Å²) >= 11 is 0. The van der Waals surface area contributed by atoms with E-state index in [-0.39, 0.29) is 5.75 Å². The summed E-state index contributed by atoms with van der Waals surface area (Å²) in [6.07, 6.45) is 1.23. The lowest BCUT2D eigenvalue weighted by molar-refractivity contribution is 0.391. The number of methoxy groups -OCH3 is 1. The van der Waals surface area contributed by atoms with Gasteiger partial charge in [-0.1, -0.05) is 42.5 Å². The zero-order valence-corrected chi connectivity index (χ0v) is 15.6. The Balaban J connectivity index is 1.57. The number of benzene rings is 2. The van der Waals surface area contributed by atoms with Gasteiger partial charge >= 0.3 is 0 Å². The number of nitrogens with zero attached hydrogens (tertiary/aromatic N) is 1. The van der Waals surface area contributed by atoms with Crippen molar-refractivity contribution < 1.29 is 13.2 Å². The molecule has 0 atom stereocenters. The number of sulfonamides is 1. The summed E-state index contributed by atoms with van der Waals surface area (Å²) in [5.74, 6) is 0.924. The number of fused-ring (bicyclic) bond motifs is 3. The highest BCUT2D eigenvalue weighted by Crippen LogP contribution is 2.33. The first-order valence-electron chi connectivity index (χ1n) is 8.76. The summed E-state index contributed by atoms with van der Waals surface area (Å²) in [6.45, 7) is 0.929. The summed E-state index contributed by atoms with van der Waals surface area (Å²) in [6, 6.07) is 15.6. The molecule has 0 unspecified atom stereocenters. The van der Waals surface area contributed by atoms with Crippen LogP contribution in [0.5, 0.6) is 5.75 Å². The van der Waals surface area contributed by atoms with Crippen LogP contribution in [0.1, 0.15) is 16.8 Å². The third-order valence-corrected chi connectivity index (χ3v) is 6.86. The van der Waals surface area contributed by atoms with E-state index in [0.717, 1.165) is 33.5 Å². The maximum absolute atomic E-state index is 12.8. The van der Waals surface area contributed by atoms with Crippen LogP contribution < -0.4 is 4.74 Å². The molecule has 0 radical (unpaired) electrons. The third-order valence-electron chi connectivity index (χ3n) is 5.04. The van der Waals surface area contributed by atoms with Crippen molar-refractivity contribution in [2.45, 2.75) is 19.4 Å². The zero-order chi connectivity index (χ0) is 18.1. The van der Waals surface area contributed by atoms with E-state index < -0.39 is 10.0 Å². The molecule has 2 aromatic carbocycles. The normalized spacial score (nSPS) is 15.1. The largest absolute Gasteiger partial charge is 0.495 e. The molecule has 4 rings (SSSR count). The fourth-order valence-corrected chi connectivity index (χ4v) is 5.06. The van der Waals surface area contributed by atoms with E-state index in [4.69, 9.17) is 4.74 Å². The van der Waals surface area contributed by atoms with E-state index in [2.05, 4.69) is 4.98 Å². The summed E-state index contributed by atoms with van der Waals surface area (Å²) < 4.78 is 32.7. The van der Waals surface area contributed by atoms with Crippen molar-refractivity contribution in [2.24, 2.45) is 0 Å². The van der Waals surface area contributed by atoms with E-state index in [1.54, 1.807) is 11.4 Å². The maximum Gasteiger partial charge on any atom is 0.214 e. The van der Waals surface area contributed by atoms with Gasteiger partial charge in [-0.3, -0.25) is 0 Å². The number of aromatic nitrogens is 1. The maximum atomic E-state index is 12.8. The van der Waals surface area contributed by atoms with Crippen LogP contribution in [0.4, 0.5) is 0 Å². The second kappa shape index (κ2) is 6.78. The number of para-hydroxylation sites is 1. The minimum Gasteiger partial charge on any atom is -0.495 e. The molecular weight excluding hydrogens is 348 g/mol. The Morgan fingerprint density at radius 2 is 1.92 bits per heavy atom. The van der Waals surface area contributed by atoms with E-state index in [9.17, 15) is 8.42 Å². The zero-order valence-electron chi connectivity index (χ0n) is 14.7. The highest BCUT2D eigenvalue weighted by atomic mass is 32.2. The average molecular weight is 370 g/mol. The van der Waals surface area contributed by atoms with Crippen molar-refractivity contribution in [1.29, 1.82) is 0 Å². The topological polar surface area (TPSA) is 62.4 Å². The Morgan fingerprint density at radius 1 is 1.12 bits per heavy atom. The molecule has 0 bridgehead atoms. The van der Waals surface area contributed by atoms with Gasteiger partial charge in [-0.25, -0.2) is 8.42 Å². The smallest absolute Gasteiger partial charge is 0.214 e. The molecule has 6 heteroatoms. The Hall–Kier alpha value is -2.31. The molecule has 0 amide bonds. The van der Waals surface area contributed by atoms with Crippen molar-refractivity contribution in [3.8, 4) is 5.75 Å². The molecule has 0 spiro atoms. The molecule has 1 aliphatic rings. The van der Waals surface area contributed by atoms with Crippen LogP contribution in [0.3, 0.4) is 0 Å². The summed E-state index contributed by atoms with van der Waals surface area (Å²) in [7, 11) is -1.65. The monoisotopic (exact) mass is 370 g/mol. The van der Waals surface area contributed by atoms with Crippen LogP contribution in [0.25, 0.3) is 10.9 Å². The minimum absolute atomic E-state index is 0.137. The van der Waals surface area contributed by atoms with Crippen LogP contribution >= 0.6 is 0 Å². The number of aromatic amines is 1. The second-order valence-corrected chi connectivity index (χ2v) is 8.69. The third kappa shape index (κ3) is 3.10. The summed E-state index contributed by atoms with van der Waals surface area (Å²) in [5.41, 5.74) is 4.17. The van der Waals surface area contributed by atoms with Crippen LogP contribution in [0, 0.1) is 0 Å². The van der Waals surface area contributed by atoms with Gasteiger partial charge in [0.2, 0.25) is 10.0 Å². The quantitative estimate of drug-likeness (QED) is 0.751. The minimum atomic E-state index is -3.30. The molecule has 3 aromatic rings. The van der Waals surface area contributed by atoms with Gasteiger partial charge in [-0.2, -0.15) is 4.31 Å². The SMILES string of the molecule is COc1cccc2c3c([nH]c12)CCN(S(=O)(=O)CCc1ccccc1)C3. The molecule has 26 heavy (non-hydrogen) atoms. The molecule has 136 valence electrons. The highest BCUT2D eigenvalue weighted by Gasteiger charge is 2.29. The van der Waals surface area contributed by atoms with Crippen molar-refractivity contribution >= 4 is 20.9 Å². The Morgan fingerprint density at radius 3 is 2.69 bits per heavy atom. The Bertz CT molecular complexity index is 1030. The van der Waals surface area contributed by atoms with Crippen LogP contribution in [-0.2, 0) is 29.4 Å². The number of H-pyrrole nitrogens is 1. The molecule has 0 saturated heterocycles. The molecule has 0 fully saturated rings. The van der Waals surface area contributed by atoms with Gasteiger partial charge < -0.3 is 9.72 Å². The van der Waals surface area contributed by atoms with Gasteiger partial charge in [0.25, 0.3) is 0 Å². The van der Waals surface area contributed by atoms with Crippen LogP contribution in [-0.4, -0.2) is 37.1 Å². The first-order chi connectivity index (χ1) is 12.6. The van der Waals surface area contributed by atoms with Crippen molar-refractivity contribution in [3.63, 3.8) is 0 Å². The molecular formula is C20H22N2O3S. The molecule has 1 N–H and O–H groups in total. The number of hydrogen-bond acceptors (Lipinski definition) is 3. The fraction of sp³-hybridized carbons (Fsp3) is 0.300. The highest BCUT2D eigenvalue weighted by molar-refractivity contribution is 7.89.